The van der Waals surface area contributed by atoms with Crippen LogP contribution in [-0.2, 0) is 24.3 Å². The summed E-state index contributed by atoms with van der Waals surface area (Å²) in [6, 6.07) is 5.16. The molecule has 1 aromatic carbocycles. The van der Waals surface area contributed by atoms with E-state index in [4.69, 9.17) is 4.74 Å². The Balaban J connectivity index is 2.67. The van der Waals surface area contributed by atoms with E-state index in [1.165, 1.54) is 19.1 Å². The Bertz CT molecular complexity index is 671. The molecule has 0 spiro atoms. The summed E-state index contributed by atoms with van der Waals surface area (Å²) in [5.74, 6) is -1.03. The number of ether oxygens (including phenoxy) is 1. The van der Waals surface area contributed by atoms with E-state index in [1.54, 1.807) is 32.9 Å². The van der Waals surface area contributed by atoms with Crippen LogP contribution in [0.5, 0.6) is 0 Å². The molecule has 0 aromatic heterocycles. The average molecular weight is 341 g/mol. The second kappa shape index (κ2) is 7.23. The smallest absolute Gasteiger partial charge is 0.324 e. The largest absolute Gasteiger partial charge is 0.456 e. The Morgan fingerprint density at radius 2 is 1.70 bits per heavy atom. The van der Waals surface area contributed by atoms with Crippen LogP contribution < -0.4 is 4.72 Å². The molecule has 0 saturated carbocycles. The zero-order chi connectivity index (χ0) is 17.8. The van der Waals surface area contributed by atoms with Crippen molar-refractivity contribution in [3.05, 3.63) is 29.8 Å². The summed E-state index contributed by atoms with van der Waals surface area (Å²) >= 11 is 0. The molecule has 1 N–H and O–H groups in total. The summed E-state index contributed by atoms with van der Waals surface area (Å²) in [7, 11) is -3.82. The van der Waals surface area contributed by atoms with Gasteiger partial charge in [-0.1, -0.05) is 38.5 Å². The van der Waals surface area contributed by atoms with Gasteiger partial charge in [-0.15, -0.1) is 0 Å². The number of Topliss-reactive ketones (excluding diaryl/α,β-unsaturated/α-hetero) is 1. The maximum Gasteiger partial charge on any atom is 0.324 e. The maximum atomic E-state index is 12.2. The molecule has 0 fully saturated rings. The molecule has 0 aliphatic carbocycles. The number of carbonyl (C=O) groups excluding carboxylic acids is 2. The van der Waals surface area contributed by atoms with E-state index in [2.05, 4.69) is 4.72 Å². The van der Waals surface area contributed by atoms with Crippen molar-refractivity contribution >= 4 is 21.8 Å². The van der Waals surface area contributed by atoms with Crippen molar-refractivity contribution in [3.8, 4) is 0 Å². The highest BCUT2D eigenvalue weighted by Gasteiger charge is 2.26. The molecule has 7 heteroatoms. The summed E-state index contributed by atoms with van der Waals surface area (Å²) in [4.78, 5) is 23.6. The fourth-order valence-corrected chi connectivity index (χ4v) is 2.74. The van der Waals surface area contributed by atoms with Crippen LogP contribution in [0.15, 0.2) is 29.2 Å². The number of nitrogens with one attached hydrogen (secondary N) is 1. The Labute approximate surface area is 137 Å². The second-order valence-electron chi connectivity index (χ2n) is 6.44. The van der Waals surface area contributed by atoms with E-state index in [9.17, 15) is 18.0 Å². The Hall–Kier alpha value is -1.73. The second-order valence-corrected chi connectivity index (χ2v) is 8.15. The predicted octanol–water partition coefficient (Wildman–Crippen LogP) is 1.82. The van der Waals surface area contributed by atoms with Crippen LogP contribution in [0.4, 0.5) is 0 Å². The van der Waals surface area contributed by atoms with Gasteiger partial charge in [0, 0.05) is 5.41 Å². The molecule has 0 radical (unpaired) electrons. The van der Waals surface area contributed by atoms with E-state index >= 15 is 0 Å². The van der Waals surface area contributed by atoms with Gasteiger partial charge in [0.25, 0.3) is 0 Å². The van der Waals surface area contributed by atoms with Gasteiger partial charge in [-0.2, -0.15) is 4.72 Å². The molecule has 0 heterocycles. The highest BCUT2D eigenvalue weighted by atomic mass is 32.2. The van der Waals surface area contributed by atoms with Crippen LogP contribution in [-0.4, -0.2) is 32.8 Å². The first kappa shape index (κ1) is 19.3. The van der Waals surface area contributed by atoms with Crippen molar-refractivity contribution in [2.45, 2.75) is 45.6 Å². The van der Waals surface area contributed by atoms with Gasteiger partial charge < -0.3 is 4.74 Å². The molecule has 1 aromatic rings. The number of hydrogen-bond donors (Lipinski definition) is 1. The van der Waals surface area contributed by atoms with Gasteiger partial charge in [-0.25, -0.2) is 8.42 Å². The first-order valence-electron chi connectivity index (χ1n) is 7.22. The van der Waals surface area contributed by atoms with Gasteiger partial charge in [0.05, 0.1) is 4.90 Å². The number of esters is 1. The number of sulfonamides is 1. The third-order valence-electron chi connectivity index (χ3n) is 3.20. The lowest BCUT2D eigenvalue weighted by atomic mass is 9.91. The molecule has 0 bridgehead atoms. The van der Waals surface area contributed by atoms with Crippen LogP contribution in [0.2, 0.25) is 0 Å². The van der Waals surface area contributed by atoms with Crippen molar-refractivity contribution in [2.75, 3.05) is 6.61 Å². The molecule has 0 unspecified atom stereocenters. The number of carbonyl (C=O) groups is 2. The molecule has 0 saturated heterocycles. The van der Waals surface area contributed by atoms with Crippen molar-refractivity contribution in [3.63, 3.8) is 0 Å². The molecule has 0 aliphatic rings. The molecule has 0 aliphatic heterocycles. The van der Waals surface area contributed by atoms with Gasteiger partial charge in [0.1, 0.15) is 6.04 Å². The lowest BCUT2D eigenvalue weighted by Crippen LogP contribution is -2.40. The lowest BCUT2D eigenvalue weighted by molar-refractivity contribution is -0.151. The first-order valence-corrected chi connectivity index (χ1v) is 8.71. The molecular weight excluding hydrogens is 318 g/mol. The van der Waals surface area contributed by atoms with Crippen LogP contribution in [0.25, 0.3) is 0 Å². The molecule has 6 nitrogen and oxygen atoms in total. The van der Waals surface area contributed by atoms with Gasteiger partial charge in [-0.3, -0.25) is 9.59 Å². The number of rotatable bonds is 6. The van der Waals surface area contributed by atoms with Crippen molar-refractivity contribution < 1.29 is 22.7 Å². The molecule has 1 rings (SSSR count). The van der Waals surface area contributed by atoms with Crippen LogP contribution >= 0.6 is 0 Å². The third kappa shape index (κ3) is 5.76. The van der Waals surface area contributed by atoms with Crippen molar-refractivity contribution in [1.82, 2.24) is 4.72 Å². The van der Waals surface area contributed by atoms with Crippen LogP contribution in [0.3, 0.4) is 0 Å². The standard InChI is InChI=1S/C16H23NO5S/c1-11-6-8-13(9-7-11)23(20,21)17-12(2)15(19)22-10-14(18)16(3,4)5/h6-9,12,17H,10H2,1-5H3/t12-/m0/s1. The van der Waals surface area contributed by atoms with Gasteiger partial charge in [0.15, 0.2) is 12.4 Å². The topological polar surface area (TPSA) is 89.5 Å². The minimum atomic E-state index is -3.82. The first-order chi connectivity index (χ1) is 10.4. The Morgan fingerprint density at radius 1 is 1.17 bits per heavy atom. The normalized spacial score (nSPS) is 13.4. The Morgan fingerprint density at radius 3 is 2.17 bits per heavy atom. The van der Waals surface area contributed by atoms with Crippen molar-refractivity contribution in [2.24, 2.45) is 5.41 Å². The van der Waals surface area contributed by atoms with Gasteiger partial charge in [-0.05, 0) is 26.0 Å². The monoisotopic (exact) mass is 341 g/mol. The predicted molar refractivity (Wildman–Crippen MR) is 86.4 cm³/mol. The number of aryl methyl sites for hydroxylation is 1. The Kier molecular flexibility index (Phi) is 6.07. The van der Waals surface area contributed by atoms with E-state index in [-0.39, 0.29) is 17.3 Å². The molecule has 23 heavy (non-hydrogen) atoms. The molecule has 0 amide bonds. The van der Waals surface area contributed by atoms with Crippen LogP contribution in [0, 0.1) is 12.3 Å². The third-order valence-corrected chi connectivity index (χ3v) is 4.76. The fraction of sp³-hybridized carbons (Fsp3) is 0.500. The molecular formula is C16H23NO5S. The minimum absolute atomic E-state index is 0.0634. The lowest BCUT2D eigenvalue weighted by Gasteiger charge is -2.18. The number of benzene rings is 1. The maximum absolute atomic E-state index is 12.2. The van der Waals surface area contributed by atoms with Crippen molar-refractivity contribution in [1.29, 1.82) is 0 Å². The van der Waals surface area contributed by atoms with E-state index < -0.39 is 27.4 Å². The van der Waals surface area contributed by atoms with Crippen LogP contribution in [0.1, 0.15) is 33.3 Å². The summed E-state index contributed by atoms with van der Waals surface area (Å²) in [6.45, 7) is 7.98. The zero-order valence-corrected chi connectivity index (χ0v) is 14.9. The zero-order valence-electron chi connectivity index (χ0n) is 14.0. The summed E-state index contributed by atoms with van der Waals surface area (Å²) in [5.41, 5.74) is 0.308. The summed E-state index contributed by atoms with van der Waals surface area (Å²) in [5, 5.41) is 0. The van der Waals surface area contributed by atoms with E-state index in [0.29, 0.717) is 0 Å². The quantitative estimate of drug-likeness (QED) is 0.797. The number of hydrogen-bond acceptors (Lipinski definition) is 5. The summed E-state index contributed by atoms with van der Waals surface area (Å²) < 4.78 is 31.5. The molecule has 128 valence electrons. The summed E-state index contributed by atoms with van der Waals surface area (Å²) in [6.07, 6.45) is 0. The van der Waals surface area contributed by atoms with E-state index in [1.807, 2.05) is 6.92 Å². The fourth-order valence-electron chi connectivity index (χ4n) is 1.54. The molecule has 1 atom stereocenters. The highest BCUT2D eigenvalue weighted by Crippen LogP contribution is 2.15. The SMILES string of the molecule is Cc1ccc(S(=O)(=O)N[C@@H](C)C(=O)OCC(=O)C(C)(C)C)cc1. The average Bonchev–Trinajstić information content (AvgIpc) is 2.43. The van der Waals surface area contributed by atoms with E-state index in [0.717, 1.165) is 5.56 Å². The minimum Gasteiger partial charge on any atom is -0.456 e. The highest BCUT2D eigenvalue weighted by molar-refractivity contribution is 7.89. The van der Waals surface area contributed by atoms with Gasteiger partial charge >= 0.3 is 5.97 Å². The number of ketones is 1. The van der Waals surface area contributed by atoms with Gasteiger partial charge in [0.2, 0.25) is 10.0 Å².